The fraction of sp³-hybridized carbons (Fsp3) is 0.360. The molecule has 0 spiro atoms. The fourth-order valence-corrected chi connectivity index (χ4v) is 4.25. The van der Waals surface area contributed by atoms with Crippen LogP contribution in [0.4, 0.5) is 4.39 Å². The van der Waals surface area contributed by atoms with Crippen molar-refractivity contribution in [1.82, 2.24) is 15.1 Å². The van der Waals surface area contributed by atoms with Crippen LogP contribution in [-0.4, -0.2) is 58.6 Å². The normalized spacial score (nSPS) is 18.2. The number of halogens is 1. The number of benzene rings is 2. The second-order valence-corrected chi connectivity index (χ2v) is 8.50. The monoisotopic (exact) mass is 437 g/mol. The van der Waals surface area contributed by atoms with Crippen LogP contribution in [0, 0.1) is 5.82 Å². The van der Waals surface area contributed by atoms with Crippen molar-refractivity contribution in [3.63, 3.8) is 0 Å². The maximum absolute atomic E-state index is 14.0. The molecule has 2 amide bonds. The van der Waals surface area contributed by atoms with Gasteiger partial charge in [0.05, 0.1) is 24.5 Å². The maximum Gasteiger partial charge on any atom is 0.250 e. The summed E-state index contributed by atoms with van der Waals surface area (Å²) in [4.78, 5) is 28.5. The number of amides is 2. The van der Waals surface area contributed by atoms with E-state index in [2.05, 4.69) is 5.32 Å². The van der Waals surface area contributed by atoms with Crippen LogP contribution in [-0.2, 0) is 16.0 Å². The first kappa shape index (κ1) is 22.0. The van der Waals surface area contributed by atoms with E-state index in [1.165, 1.54) is 17.0 Å². The highest BCUT2D eigenvalue weighted by Crippen LogP contribution is 2.26. The third-order valence-corrected chi connectivity index (χ3v) is 6.21. The molecule has 1 saturated heterocycles. The number of hydrogen-bond acceptors (Lipinski definition) is 4. The standard InChI is InChI=1S/C25H28FN3O3/c26-21-9-5-4-8-20(21)22-16-24(31)29(18-27-22)17-25(32)12-14-28(15-13-25)23(30)11-10-19-6-2-1-3-7-19/h1-9,16,27,32H,10-15,17-18H2. The minimum Gasteiger partial charge on any atom is -0.388 e. The summed E-state index contributed by atoms with van der Waals surface area (Å²) in [6.45, 7) is 1.30. The Kier molecular flexibility index (Phi) is 6.55. The van der Waals surface area contributed by atoms with Crippen molar-refractivity contribution in [2.24, 2.45) is 0 Å². The molecule has 2 aliphatic heterocycles. The van der Waals surface area contributed by atoms with Crippen molar-refractivity contribution in [2.45, 2.75) is 31.3 Å². The number of carbonyl (C=O) groups is 2. The minimum atomic E-state index is -1.04. The van der Waals surface area contributed by atoms with Crippen molar-refractivity contribution in [3.8, 4) is 0 Å². The molecular formula is C25H28FN3O3. The van der Waals surface area contributed by atoms with Gasteiger partial charge >= 0.3 is 0 Å². The van der Waals surface area contributed by atoms with E-state index < -0.39 is 11.4 Å². The number of nitrogens with one attached hydrogen (secondary N) is 1. The Bertz CT molecular complexity index is 1000. The first-order valence-corrected chi connectivity index (χ1v) is 11.0. The van der Waals surface area contributed by atoms with Gasteiger partial charge in [0.1, 0.15) is 5.82 Å². The number of β-amino-alcohol motifs (C(OH)–C–C–N with tert-alkyl or cyclic N) is 1. The molecule has 6 nitrogen and oxygen atoms in total. The van der Waals surface area contributed by atoms with Gasteiger partial charge in [-0.1, -0.05) is 42.5 Å². The van der Waals surface area contributed by atoms with Gasteiger partial charge in [-0.3, -0.25) is 9.59 Å². The van der Waals surface area contributed by atoms with E-state index in [0.717, 1.165) is 5.56 Å². The molecular weight excluding hydrogens is 409 g/mol. The van der Waals surface area contributed by atoms with Gasteiger partial charge in [-0.05, 0) is 37.0 Å². The average Bonchev–Trinajstić information content (AvgIpc) is 2.80. The topological polar surface area (TPSA) is 72.9 Å². The number of likely N-dealkylation sites (tertiary alicyclic amines) is 1. The Morgan fingerprint density at radius 3 is 2.44 bits per heavy atom. The van der Waals surface area contributed by atoms with Crippen molar-refractivity contribution in [2.75, 3.05) is 26.3 Å². The molecule has 32 heavy (non-hydrogen) atoms. The highest BCUT2D eigenvalue weighted by Gasteiger charge is 2.37. The first-order valence-electron chi connectivity index (χ1n) is 11.0. The molecule has 2 aromatic rings. The molecule has 4 rings (SSSR count). The zero-order chi connectivity index (χ0) is 22.6. The molecule has 2 aromatic carbocycles. The summed E-state index contributed by atoms with van der Waals surface area (Å²) < 4.78 is 14.0. The van der Waals surface area contributed by atoms with E-state index in [9.17, 15) is 19.1 Å². The van der Waals surface area contributed by atoms with Crippen molar-refractivity contribution in [1.29, 1.82) is 0 Å². The van der Waals surface area contributed by atoms with Gasteiger partial charge in [-0.2, -0.15) is 0 Å². The van der Waals surface area contributed by atoms with Crippen LogP contribution in [0.2, 0.25) is 0 Å². The third-order valence-electron chi connectivity index (χ3n) is 6.21. The summed E-state index contributed by atoms with van der Waals surface area (Å²) in [5.74, 6) is -0.573. The van der Waals surface area contributed by atoms with Gasteiger partial charge in [0.25, 0.3) is 0 Å². The first-order chi connectivity index (χ1) is 15.4. The van der Waals surface area contributed by atoms with E-state index in [1.807, 2.05) is 30.3 Å². The van der Waals surface area contributed by atoms with Gasteiger partial charge < -0.3 is 20.2 Å². The Morgan fingerprint density at radius 2 is 1.75 bits per heavy atom. The molecule has 0 radical (unpaired) electrons. The third kappa shape index (κ3) is 5.16. The lowest BCUT2D eigenvalue weighted by Gasteiger charge is -2.41. The van der Waals surface area contributed by atoms with Gasteiger partial charge in [-0.15, -0.1) is 0 Å². The molecule has 7 heteroatoms. The van der Waals surface area contributed by atoms with Gasteiger partial charge in [0.2, 0.25) is 11.8 Å². The molecule has 2 aliphatic rings. The number of nitrogens with zero attached hydrogens (tertiary/aromatic N) is 2. The lowest BCUT2D eigenvalue weighted by Crippen LogP contribution is -2.55. The number of hydrogen-bond donors (Lipinski definition) is 2. The van der Waals surface area contributed by atoms with Gasteiger partial charge in [-0.25, -0.2) is 4.39 Å². The zero-order valence-corrected chi connectivity index (χ0v) is 18.0. The molecule has 0 aromatic heterocycles. The molecule has 168 valence electrons. The Morgan fingerprint density at radius 1 is 1.06 bits per heavy atom. The Balaban J connectivity index is 1.29. The number of aliphatic hydroxyl groups is 1. The number of rotatable bonds is 6. The van der Waals surface area contributed by atoms with Gasteiger partial charge in [0.15, 0.2) is 0 Å². The predicted octanol–water partition coefficient (Wildman–Crippen LogP) is 2.54. The van der Waals surface area contributed by atoms with Crippen molar-refractivity contribution < 1.29 is 19.1 Å². The van der Waals surface area contributed by atoms with Crippen LogP contribution < -0.4 is 5.32 Å². The van der Waals surface area contributed by atoms with Gasteiger partial charge in [0, 0.05) is 31.1 Å². The molecule has 0 atom stereocenters. The Labute approximate surface area is 187 Å². The quantitative estimate of drug-likeness (QED) is 0.729. The SMILES string of the molecule is O=C1C=C(c2ccccc2F)NCN1CC1(O)CCN(C(=O)CCc2ccccc2)CC1. The maximum atomic E-state index is 14.0. The van der Waals surface area contributed by atoms with Crippen LogP contribution in [0.15, 0.2) is 60.7 Å². The highest BCUT2D eigenvalue weighted by atomic mass is 19.1. The summed E-state index contributed by atoms with van der Waals surface area (Å²) in [5, 5.41) is 14.1. The molecule has 0 bridgehead atoms. The van der Waals surface area contributed by atoms with Crippen LogP contribution >= 0.6 is 0 Å². The molecule has 1 fully saturated rings. The molecule has 0 saturated carbocycles. The molecule has 2 N–H and O–H groups in total. The van der Waals surface area contributed by atoms with E-state index in [-0.39, 0.29) is 25.0 Å². The summed E-state index contributed by atoms with van der Waals surface area (Å²) in [5.41, 5.74) is 0.877. The smallest absolute Gasteiger partial charge is 0.250 e. The highest BCUT2D eigenvalue weighted by molar-refractivity contribution is 5.96. The van der Waals surface area contributed by atoms with E-state index in [1.54, 1.807) is 23.1 Å². The van der Waals surface area contributed by atoms with Crippen LogP contribution in [0.5, 0.6) is 0 Å². The summed E-state index contributed by atoms with van der Waals surface area (Å²) in [7, 11) is 0. The summed E-state index contributed by atoms with van der Waals surface area (Å²) in [6.07, 6.45) is 3.34. The number of carbonyl (C=O) groups excluding carboxylic acids is 2. The molecule has 0 unspecified atom stereocenters. The molecule has 2 heterocycles. The average molecular weight is 438 g/mol. The van der Waals surface area contributed by atoms with Crippen molar-refractivity contribution >= 4 is 17.5 Å². The van der Waals surface area contributed by atoms with Crippen LogP contribution in [0.1, 0.15) is 30.4 Å². The number of piperidine rings is 1. The molecule has 0 aliphatic carbocycles. The number of aryl methyl sites for hydroxylation is 1. The second kappa shape index (κ2) is 9.53. The Hall–Kier alpha value is -3.19. The largest absolute Gasteiger partial charge is 0.388 e. The van der Waals surface area contributed by atoms with Crippen LogP contribution in [0.3, 0.4) is 0 Å². The minimum absolute atomic E-state index is 0.0871. The predicted molar refractivity (Wildman–Crippen MR) is 120 cm³/mol. The summed E-state index contributed by atoms with van der Waals surface area (Å²) >= 11 is 0. The lowest BCUT2D eigenvalue weighted by molar-refractivity contribution is -0.139. The fourth-order valence-electron chi connectivity index (χ4n) is 4.25. The van der Waals surface area contributed by atoms with E-state index in [0.29, 0.717) is 50.0 Å². The van der Waals surface area contributed by atoms with E-state index >= 15 is 0 Å². The zero-order valence-electron chi connectivity index (χ0n) is 18.0. The second-order valence-electron chi connectivity index (χ2n) is 8.50. The summed E-state index contributed by atoms with van der Waals surface area (Å²) in [6, 6.07) is 16.2. The lowest BCUT2D eigenvalue weighted by atomic mass is 9.90. The van der Waals surface area contributed by atoms with E-state index in [4.69, 9.17) is 0 Å². The van der Waals surface area contributed by atoms with Crippen molar-refractivity contribution in [3.05, 3.63) is 77.6 Å². The van der Waals surface area contributed by atoms with Crippen LogP contribution in [0.25, 0.3) is 5.70 Å².